The van der Waals surface area contributed by atoms with Crippen LogP contribution in [0.2, 0.25) is 0 Å². The maximum atomic E-state index is 12.0. The average molecular weight is 262 g/mol. The molecule has 0 unspecified atom stereocenters. The number of rotatable bonds is 3. The lowest BCUT2D eigenvalue weighted by Gasteiger charge is -2.00. The molecule has 1 aromatic carbocycles. The predicted octanol–water partition coefficient (Wildman–Crippen LogP) is 3.44. The quantitative estimate of drug-likeness (QED) is 0.474. The van der Waals surface area contributed by atoms with Gasteiger partial charge in [0, 0.05) is 9.37 Å². The van der Waals surface area contributed by atoms with Crippen molar-refractivity contribution in [3.05, 3.63) is 22.7 Å². The predicted molar refractivity (Wildman–Crippen MR) is 53.8 cm³/mol. The smallest absolute Gasteiger partial charge is 0.239 e. The first-order valence-corrected chi connectivity index (χ1v) is 5.12. The summed E-state index contributed by atoms with van der Waals surface area (Å²) >= 11 is 4.32. The lowest BCUT2D eigenvalue weighted by molar-refractivity contribution is 0.565. The van der Waals surface area contributed by atoms with E-state index in [1.54, 1.807) is 18.2 Å². The van der Waals surface area contributed by atoms with E-state index < -0.39 is 6.01 Å². The minimum Gasteiger partial charge on any atom is -0.239 e. The third-order valence-electron chi connectivity index (χ3n) is 1.30. The van der Waals surface area contributed by atoms with Gasteiger partial charge in [-0.25, -0.2) is 9.18 Å². The molecule has 0 aromatic heterocycles. The minimum atomic E-state index is -0.477. The third-order valence-corrected chi connectivity index (χ3v) is 2.99. The van der Waals surface area contributed by atoms with E-state index in [9.17, 15) is 9.18 Å². The lowest BCUT2D eigenvalue weighted by atomic mass is 10.3. The van der Waals surface area contributed by atoms with Crippen LogP contribution in [0.25, 0.3) is 0 Å². The SMILES string of the molecule is O=C=Nc1ccc(SCF)c(Br)c1. The van der Waals surface area contributed by atoms with Gasteiger partial charge in [0.05, 0.1) is 5.69 Å². The van der Waals surface area contributed by atoms with Crippen LogP contribution >= 0.6 is 27.7 Å². The second kappa shape index (κ2) is 5.17. The molecule has 0 atom stereocenters. The van der Waals surface area contributed by atoms with Gasteiger partial charge in [-0.2, -0.15) is 4.99 Å². The number of halogens is 2. The van der Waals surface area contributed by atoms with Gasteiger partial charge in [-0.05, 0) is 34.1 Å². The maximum Gasteiger partial charge on any atom is 0.240 e. The van der Waals surface area contributed by atoms with E-state index in [4.69, 9.17) is 0 Å². The number of benzene rings is 1. The summed E-state index contributed by atoms with van der Waals surface area (Å²) in [4.78, 5) is 14.1. The third kappa shape index (κ3) is 2.95. The fourth-order valence-electron chi connectivity index (χ4n) is 0.788. The summed E-state index contributed by atoms with van der Waals surface area (Å²) in [6.45, 7) is 0. The Morgan fingerprint density at radius 2 is 2.38 bits per heavy atom. The number of isocyanates is 1. The molecule has 1 rings (SSSR count). The van der Waals surface area contributed by atoms with Gasteiger partial charge in [0.2, 0.25) is 6.08 Å². The van der Waals surface area contributed by atoms with Gasteiger partial charge >= 0.3 is 0 Å². The Morgan fingerprint density at radius 3 is 2.92 bits per heavy atom. The Labute approximate surface area is 87.4 Å². The Bertz CT molecular complexity index is 352. The van der Waals surface area contributed by atoms with E-state index in [0.29, 0.717) is 5.69 Å². The Morgan fingerprint density at radius 1 is 1.62 bits per heavy atom. The molecule has 0 heterocycles. The van der Waals surface area contributed by atoms with Gasteiger partial charge in [-0.1, -0.05) is 11.8 Å². The fraction of sp³-hybridized carbons (Fsp3) is 0.125. The summed E-state index contributed by atoms with van der Waals surface area (Å²) in [6.07, 6.45) is 1.44. The van der Waals surface area contributed by atoms with Crippen LogP contribution in [0.4, 0.5) is 10.1 Å². The first-order chi connectivity index (χ1) is 6.27. The zero-order valence-electron chi connectivity index (χ0n) is 6.46. The number of carbonyl (C=O) groups excluding carboxylic acids is 1. The highest BCUT2D eigenvalue weighted by Gasteiger charge is 2.00. The second-order valence-corrected chi connectivity index (χ2v) is 3.87. The van der Waals surface area contributed by atoms with Crippen molar-refractivity contribution < 1.29 is 9.18 Å². The molecule has 0 amide bonds. The Balaban J connectivity index is 2.97. The number of hydrogen-bond acceptors (Lipinski definition) is 3. The standard InChI is InChI=1S/C8H5BrFNOS/c9-7-3-6(11-5-12)1-2-8(7)13-4-10/h1-3H,4H2. The van der Waals surface area contributed by atoms with Crippen LogP contribution in [0.1, 0.15) is 0 Å². The average Bonchev–Trinajstić information content (AvgIpc) is 2.10. The maximum absolute atomic E-state index is 12.0. The van der Waals surface area contributed by atoms with E-state index >= 15 is 0 Å². The molecule has 0 saturated carbocycles. The summed E-state index contributed by atoms with van der Waals surface area (Å²) in [5, 5.41) is 0. The molecule has 0 fully saturated rings. The Hall–Kier alpha value is -0.640. The van der Waals surface area contributed by atoms with E-state index in [1.807, 2.05) is 0 Å². The number of nitrogens with zero attached hydrogens (tertiary/aromatic N) is 1. The zero-order chi connectivity index (χ0) is 9.68. The molecule has 0 spiro atoms. The highest BCUT2D eigenvalue weighted by molar-refractivity contribution is 9.10. The largest absolute Gasteiger partial charge is 0.240 e. The van der Waals surface area contributed by atoms with Gasteiger partial charge in [0.1, 0.15) is 6.01 Å². The van der Waals surface area contributed by atoms with Crippen molar-refractivity contribution in [2.75, 3.05) is 6.01 Å². The molecule has 13 heavy (non-hydrogen) atoms. The molecule has 0 bridgehead atoms. The summed E-state index contributed by atoms with van der Waals surface area (Å²) in [6, 6.07) is 4.50. The first kappa shape index (κ1) is 10.4. The number of thioether (sulfide) groups is 1. The molecule has 0 radical (unpaired) electrons. The fourth-order valence-corrected chi connectivity index (χ4v) is 1.98. The van der Waals surface area contributed by atoms with Crippen LogP contribution in [-0.4, -0.2) is 12.1 Å². The number of aliphatic imine (C=N–C) groups is 1. The second-order valence-electron chi connectivity index (χ2n) is 2.07. The summed E-state index contributed by atoms with van der Waals surface area (Å²) in [5.41, 5.74) is 0.505. The molecule has 0 aliphatic carbocycles. The van der Waals surface area contributed by atoms with E-state index in [2.05, 4.69) is 20.9 Å². The van der Waals surface area contributed by atoms with Crippen LogP contribution in [0.5, 0.6) is 0 Å². The monoisotopic (exact) mass is 261 g/mol. The van der Waals surface area contributed by atoms with Crippen molar-refractivity contribution in [1.29, 1.82) is 0 Å². The van der Waals surface area contributed by atoms with Gasteiger partial charge in [-0.15, -0.1) is 0 Å². The topological polar surface area (TPSA) is 29.4 Å². The molecule has 0 N–H and O–H groups in total. The first-order valence-electron chi connectivity index (χ1n) is 3.34. The van der Waals surface area contributed by atoms with Gasteiger partial charge in [0.15, 0.2) is 0 Å². The van der Waals surface area contributed by atoms with Crippen molar-refractivity contribution in [2.24, 2.45) is 4.99 Å². The molecular formula is C8H5BrFNOS. The molecular weight excluding hydrogens is 257 g/mol. The van der Waals surface area contributed by atoms with Crippen LogP contribution < -0.4 is 0 Å². The molecule has 2 nitrogen and oxygen atoms in total. The molecule has 0 aliphatic rings. The van der Waals surface area contributed by atoms with Crippen molar-refractivity contribution >= 4 is 39.5 Å². The van der Waals surface area contributed by atoms with Crippen LogP contribution in [0, 0.1) is 0 Å². The van der Waals surface area contributed by atoms with E-state index in [-0.39, 0.29) is 0 Å². The van der Waals surface area contributed by atoms with Crippen molar-refractivity contribution in [2.45, 2.75) is 4.90 Å². The highest BCUT2D eigenvalue weighted by atomic mass is 79.9. The zero-order valence-corrected chi connectivity index (χ0v) is 8.86. The van der Waals surface area contributed by atoms with Crippen molar-refractivity contribution in [3.8, 4) is 0 Å². The molecule has 5 heteroatoms. The van der Waals surface area contributed by atoms with Crippen LogP contribution in [-0.2, 0) is 4.79 Å². The van der Waals surface area contributed by atoms with Gasteiger partial charge in [-0.3, -0.25) is 0 Å². The number of alkyl halides is 1. The molecule has 68 valence electrons. The number of hydrogen-bond donors (Lipinski definition) is 0. The van der Waals surface area contributed by atoms with E-state index in [0.717, 1.165) is 21.1 Å². The molecule has 0 aliphatic heterocycles. The summed E-state index contributed by atoms with van der Waals surface area (Å²) in [7, 11) is 0. The Kier molecular flexibility index (Phi) is 4.15. The van der Waals surface area contributed by atoms with Crippen LogP contribution in [0.15, 0.2) is 32.6 Å². The van der Waals surface area contributed by atoms with Crippen molar-refractivity contribution in [3.63, 3.8) is 0 Å². The summed E-state index contributed by atoms with van der Waals surface area (Å²) < 4.78 is 12.7. The normalized spacial score (nSPS) is 9.38. The highest BCUT2D eigenvalue weighted by Crippen LogP contribution is 2.30. The van der Waals surface area contributed by atoms with Gasteiger partial charge in [0.25, 0.3) is 0 Å². The van der Waals surface area contributed by atoms with E-state index in [1.165, 1.54) is 6.08 Å². The van der Waals surface area contributed by atoms with Crippen molar-refractivity contribution in [1.82, 2.24) is 0 Å². The molecule has 0 saturated heterocycles. The summed E-state index contributed by atoms with van der Waals surface area (Å²) in [5.74, 6) is 0. The van der Waals surface area contributed by atoms with Gasteiger partial charge < -0.3 is 0 Å². The minimum absolute atomic E-state index is 0.477. The molecule has 1 aromatic rings. The lowest BCUT2D eigenvalue weighted by Crippen LogP contribution is -1.74. The van der Waals surface area contributed by atoms with Crippen LogP contribution in [0.3, 0.4) is 0 Å².